The average molecular weight is 249 g/mol. The smallest absolute Gasteiger partial charge is 0.130 e. The van der Waals surface area contributed by atoms with E-state index in [2.05, 4.69) is 29.2 Å². The van der Waals surface area contributed by atoms with E-state index in [-0.39, 0.29) is 0 Å². The second-order valence-electron chi connectivity index (χ2n) is 4.78. The van der Waals surface area contributed by atoms with E-state index in [0.717, 1.165) is 37.8 Å². The Balaban J connectivity index is 1.94. The first-order chi connectivity index (χ1) is 8.79. The predicted octanol–water partition coefficient (Wildman–Crippen LogP) is 2.52. The molecular weight excluding hydrogens is 226 g/mol. The lowest BCUT2D eigenvalue weighted by atomic mass is 10.1. The Bertz CT molecular complexity index is 364. The van der Waals surface area contributed by atoms with E-state index in [0.29, 0.717) is 6.10 Å². The molecule has 1 aliphatic heterocycles. The topological polar surface area (TPSA) is 37.4 Å². The summed E-state index contributed by atoms with van der Waals surface area (Å²) in [6.07, 6.45) is 4.00. The molecule has 1 unspecified atom stereocenters. The van der Waals surface area contributed by atoms with Crippen LogP contribution in [0.1, 0.15) is 26.2 Å². The molecule has 1 aromatic rings. The fraction of sp³-hybridized carbons (Fsp3) is 0.643. The Morgan fingerprint density at radius 1 is 1.44 bits per heavy atom. The van der Waals surface area contributed by atoms with Crippen LogP contribution in [-0.2, 0) is 4.74 Å². The summed E-state index contributed by atoms with van der Waals surface area (Å²) in [6.45, 7) is 4.80. The first kappa shape index (κ1) is 13.1. The molecule has 1 aromatic heterocycles. The van der Waals surface area contributed by atoms with Gasteiger partial charge in [-0.3, -0.25) is 0 Å². The molecule has 0 radical (unpaired) electrons. The number of likely N-dealkylation sites (N-methyl/N-ethyl adjacent to an activating group) is 1. The normalized spacial score (nSPS) is 19.6. The van der Waals surface area contributed by atoms with E-state index in [9.17, 15) is 0 Å². The Kier molecular flexibility index (Phi) is 4.81. The second-order valence-corrected chi connectivity index (χ2v) is 4.78. The lowest BCUT2D eigenvalue weighted by Gasteiger charge is -2.28. The molecule has 2 heterocycles. The van der Waals surface area contributed by atoms with Gasteiger partial charge in [-0.15, -0.1) is 0 Å². The lowest BCUT2D eigenvalue weighted by molar-refractivity contribution is 0.0215. The zero-order chi connectivity index (χ0) is 12.8. The van der Waals surface area contributed by atoms with Gasteiger partial charge < -0.3 is 15.0 Å². The molecule has 1 aliphatic rings. The van der Waals surface area contributed by atoms with Crippen molar-refractivity contribution in [1.82, 2.24) is 4.98 Å². The maximum atomic E-state index is 5.76. The Hall–Kier alpha value is -1.29. The molecule has 1 atom stereocenters. The van der Waals surface area contributed by atoms with Crippen LogP contribution in [0.3, 0.4) is 0 Å². The molecule has 2 rings (SSSR count). The molecule has 1 N–H and O–H groups in total. The van der Waals surface area contributed by atoms with Crippen LogP contribution >= 0.6 is 0 Å². The van der Waals surface area contributed by atoms with E-state index < -0.39 is 0 Å². The summed E-state index contributed by atoms with van der Waals surface area (Å²) < 4.78 is 5.76. The number of aromatic nitrogens is 1. The van der Waals surface area contributed by atoms with Crippen molar-refractivity contribution in [2.75, 3.05) is 37.0 Å². The molecule has 0 aromatic carbocycles. The molecule has 18 heavy (non-hydrogen) atoms. The third-order valence-corrected chi connectivity index (χ3v) is 3.23. The summed E-state index contributed by atoms with van der Waals surface area (Å²) in [4.78, 5) is 6.76. The summed E-state index contributed by atoms with van der Waals surface area (Å²) in [5.41, 5.74) is 0. The Morgan fingerprint density at radius 3 is 3.06 bits per heavy atom. The zero-order valence-electron chi connectivity index (χ0n) is 11.4. The summed E-state index contributed by atoms with van der Waals surface area (Å²) in [5.74, 6) is 1.94. The largest absolute Gasteiger partial charge is 0.376 e. The van der Waals surface area contributed by atoms with Crippen molar-refractivity contribution in [3.05, 3.63) is 18.2 Å². The van der Waals surface area contributed by atoms with E-state index in [1.54, 1.807) is 0 Å². The summed E-state index contributed by atoms with van der Waals surface area (Å²) >= 11 is 0. The van der Waals surface area contributed by atoms with Crippen molar-refractivity contribution in [3.63, 3.8) is 0 Å². The molecule has 4 nitrogen and oxygen atoms in total. The highest BCUT2D eigenvalue weighted by molar-refractivity contribution is 5.46. The number of anilines is 2. The standard InChI is InChI=1S/C14H23N3O/c1-3-15-13-8-6-9-14(16-13)17(2)11-12-7-4-5-10-18-12/h6,8-9,12H,3-5,7,10-11H2,1-2H3,(H,15,16). The second kappa shape index (κ2) is 6.59. The fourth-order valence-electron chi connectivity index (χ4n) is 2.27. The maximum absolute atomic E-state index is 5.76. The van der Waals surface area contributed by atoms with Crippen LogP contribution in [0.2, 0.25) is 0 Å². The van der Waals surface area contributed by atoms with Gasteiger partial charge in [0.1, 0.15) is 11.6 Å². The molecule has 0 spiro atoms. The van der Waals surface area contributed by atoms with Crippen molar-refractivity contribution in [2.45, 2.75) is 32.3 Å². The Morgan fingerprint density at radius 2 is 2.33 bits per heavy atom. The number of pyridine rings is 1. The first-order valence-corrected chi connectivity index (χ1v) is 6.83. The minimum Gasteiger partial charge on any atom is -0.376 e. The highest BCUT2D eigenvalue weighted by Gasteiger charge is 2.16. The highest BCUT2D eigenvalue weighted by Crippen LogP contribution is 2.17. The van der Waals surface area contributed by atoms with Gasteiger partial charge in [0.2, 0.25) is 0 Å². The molecule has 0 saturated carbocycles. The minimum absolute atomic E-state index is 0.355. The van der Waals surface area contributed by atoms with Crippen LogP contribution in [0.4, 0.5) is 11.6 Å². The first-order valence-electron chi connectivity index (χ1n) is 6.83. The molecule has 4 heteroatoms. The third kappa shape index (κ3) is 3.60. The van der Waals surface area contributed by atoms with Gasteiger partial charge in [-0.1, -0.05) is 6.07 Å². The monoisotopic (exact) mass is 249 g/mol. The van der Waals surface area contributed by atoms with Crippen LogP contribution in [0, 0.1) is 0 Å². The predicted molar refractivity (Wildman–Crippen MR) is 75.3 cm³/mol. The van der Waals surface area contributed by atoms with Gasteiger partial charge >= 0.3 is 0 Å². The van der Waals surface area contributed by atoms with Gasteiger partial charge in [-0.05, 0) is 38.3 Å². The number of nitrogens with one attached hydrogen (secondary N) is 1. The van der Waals surface area contributed by atoms with Crippen molar-refractivity contribution in [2.24, 2.45) is 0 Å². The van der Waals surface area contributed by atoms with E-state index >= 15 is 0 Å². The lowest BCUT2D eigenvalue weighted by Crippen LogP contribution is -2.33. The van der Waals surface area contributed by atoms with E-state index in [1.165, 1.54) is 12.8 Å². The van der Waals surface area contributed by atoms with Crippen molar-refractivity contribution in [1.29, 1.82) is 0 Å². The van der Waals surface area contributed by atoms with E-state index in [4.69, 9.17) is 4.74 Å². The van der Waals surface area contributed by atoms with Gasteiger partial charge in [0.05, 0.1) is 6.10 Å². The number of rotatable bonds is 5. The third-order valence-electron chi connectivity index (χ3n) is 3.23. The summed E-state index contributed by atoms with van der Waals surface area (Å²) in [5, 5.41) is 3.24. The zero-order valence-corrected chi connectivity index (χ0v) is 11.4. The van der Waals surface area contributed by atoms with Gasteiger partial charge in [0.25, 0.3) is 0 Å². The van der Waals surface area contributed by atoms with Crippen molar-refractivity contribution < 1.29 is 4.74 Å². The average Bonchev–Trinajstić information content (AvgIpc) is 2.40. The molecular formula is C14H23N3O. The van der Waals surface area contributed by atoms with Gasteiger partial charge in [-0.2, -0.15) is 0 Å². The van der Waals surface area contributed by atoms with Gasteiger partial charge in [0, 0.05) is 26.7 Å². The van der Waals surface area contributed by atoms with E-state index in [1.807, 2.05) is 18.2 Å². The SMILES string of the molecule is CCNc1cccc(N(C)CC2CCCCO2)n1. The molecule has 1 saturated heterocycles. The summed E-state index contributed by atoms with van der Waals surface area (Å²) in [7, 11) is 2.08. The van der Waals surface area contributed by atoms with Crippen LogP contribution in [0.5, 0.6) is 0 Å². The summed E-state index contributed by atoms with van der Waals surface area (Å²) in [6, 6.07) is 6.08. The minimum atomic E-state index is 0.355. The van der Waals surface area contributed by atoms with Gasteiger partial charge in [-0.25, -0.2) is 4.98 Å². The maximum Gasteiger partial charge on any atom is 0.130 e. The highest BCUT2D eigenvalue weighted by atomic mass is 16.5. The number of ether oxygens (including phenoxy) is 1. The molecule has 0 amide bonds. The number of hydrogen-bond acceptors (Lipinski definition) is 4. The van der Waals surface area contributed by atoms with Crippen LogP contribution < -0.4 is 10.2 Å². The molecule has 1 fully saturated rings. The van der Waals surface area contributed by atoms with Crippen LogP contribution in [0.15, 0.2) is 18.2 Å². The number of nitrogens with zero attached hydrogens (tertiary/aromatic N) is 2. The quantitative estimate of drug-likeness (QED) is 0.870. The van der Waals surface area contributed by atoms with Crippen molar-refractivity contribution in [3.8, 4) is 0 Å². The Labute approximate surface area is 109 Å². The van der Waals surface area contributed by atoms with Crippen LogP contribution in [0.25, 0.3) is 0 Å². The fourth-order valence-corrected chi connectivity index (χ4v) is 2.27. The molecule has 0 bridgehead atoms. The van der Waals surface area contributed by atoms with Crippen LogP contribution in [-0.4, -0.2) is 37.8 Å². The number of hydrogen-bond donors (Lipinski definition) is 1. The van der Waals surface area contributed by atoms with Gasteiger partial charge in [0.15, 0.2) is 0 Å². The van der Waals surface area contributed by atoms with Crippen molar-refractivity contribution >= 4 is 11.6 Å². The molecule has 100 valence electrons. The molecule has 0 aliphatic carbocycles.